The maximum absolute atomic E-state index is 14.6. The number of pyridine rings is 1. The molecular weight excluding hydrogens is 382 g/mol. The van der Waals surface area contributed by atoms with E-state index in [0.29, 0.717) is 5.82 Å². The number of fused-ring (bicyclic) bond motifs is 1. The van der Waals surface area contributed by atoms with Gasteiger partial charge in [0.15, 0.2) is 0 Å². The van der Waals surface area contributed by atoms with Crippen molar-refractivity contribution >= 4 is 34.4 Å². The number of rotatable bonds is 5. The second-order valence-corrected chi connectivity index (χ2v) is 5.97. The highest BCUT2D eigenvalue weighted by molar-refractivity contribution is 6.18. The largest absolute Gasteiger partial charge is 0.366 e. The van der Waals surface area contributed by atoms with Crippen molar-refractivity contribution in [2.75, 3.05) is 5.32 Å². The zero-order valence-electron chi connectivity index (χ0n) is 14.6. The number of nitrogens with one attached hydrogen (secondary N) is 2. The van der Waals surface area contributed by atoms with Crippen LogP contribution in [-0.2, 0) is 0 Å². The summed E-state index contributed by atoms with van der Waals surface area (Å²) in [6.07, 6.45) is 4.08. The van der Waals surface area contributed by atoms with Crippen molar-refractivity contribution in [2.24, 2.45) is 5.73 Å². The molecule has 3 aromatic heterocycles. The van der Waals surface area contributed by atoms with Crippen LogP contribution in [-0.4, -0.2) is 31.6 Å². The highest BCUT2D eigenvalue weighted by Crippen LogP contribution is 2.29. The van der Waals surface area contributed by atoms with E-state index in [1.165, 1.54) is 12.5 Å². The summed E-state index contributed by atoms with van der Waals surface area (Å²) in [6.45, 7) is 0. The fourth-order valence-electron chi connectivity index (χ4n) is 2.88. The molecule has 0 unspecified atom stereocenters. The Bertz CT molecular complexity index is 1260. The molecule has 0 atom stereocenters. The summed E-state index contributed by atoms with van der Waals surface area (Å²) in [5.74, 6) is -3.90. The summed E-state index contributed by atoms with van der Waals surface area (Å²) in [6, 6.07) is 6.85. The van der Waals surface area contributed by atoms with Crippen molar-refractivity contribution in [1.29, 1.82) is 0 Å². The molecule has 4 rings (SSSR count). The second kappa shape index (κ2) is 7.08. The second-order valence-electron chi connectivity index (χ2n) is 5.97. The van der Waals surface area contributed by atoms with Gasteiger partial charge in [-0.05, 0) is 24.3 Å². The Kier molecular flexibility index (Phi) is 4.43. The molecule has 0 saturated heterocycles. The van der Waals surface area contributed by atoms with Gasteiger partial charge in [0.05, 0.1) is 22.1 Å². The van der Waals surface area contributed by atoms with Gasteiger partial charge in [0, 0.05) is 12.4 Å². The third-order valence-corrected chi connectivity index (χ3v) is 4.21. The molecule has 0 radical (unpaired) electrons. The predicted molar refractivity (Wildman–Crippen MR) is 99.7 cm³/mol. The predicted octanol–water partition coefficient (Wildman–Crippen LogP) is 2.70. The van der Waals surface area contributed by atoms with E-state index < -0.39 is 34.5 Å². The number of carbonyl (C=O) groups excluding carboxylic acids is 2. The van der Waals surface area contributed by atoms with Crippen LogP contribution in [0.2, 0.25) is 0 Å². The van der Waals surface area contributed by atoms with Crippen molar-refractivity contribution in [2.45, 2.75) is 0 Å². The van der Waals surface area contributed by atoms with Crippen molar-refractivity contribution in [3.05, 3.63) is 77.4 Å². The maximum atomic E-state index is 14.6. The fraction of sp³-hybridized carbons (Fsp3) is 0. The molecule has 0 aliphatic carbocycles. The Labute approximate surface area is 161 Å². The van der Waals surface area contributed by atoms with Crippen LogP contribution in [0.15, 0.2) is 49.1 Å². The van der Waals surface area contributed by atoms with Gasteiger partial charge in [-0.25, -0.2) is 23.7 Å². The topological polar surface area (TPSA) is 127 Å². The number of nitrogens with two attached hydrogens (primary N) is 1. The maximum Gasteiger partial charge on any atom is 0.251 e. The summed E-state index contributed by atoms with van der Waals surface area (Å²) in [5, 5.41) is 3.16. The van der Waals surface area contributed by atoms with Gasteiger partial charge in [-0.15, -0.1) is 0 Å². The minimum Gasteiger partial charge on any atom is -0.366 e. The van der Waals surface area contributed by atoms with Gasteiger partial charge in [-0.3, -0.25) is 9.59 Å². The summed E-state index contributed by atoms with van der Waals surface area (Å²) >= 11 is 0. The lowest BCUT2D eigenvalue weighted by Gasteiger charge is -2.09. The number of amides is 1. The van der Waals surface area contributed by atoms with Crippen LogP contribution >= 0.6 is 0 Å². The van der Waals surface area contributed by atoms with Crippen molar-refractivity contribution in [3.63, 3.8) is 0 Å². The Morgan fingerprint density at radius 3 is 2.59 bits per heavy atom. The molecule has 0 fully saturated rings. The molecular formula is C19H12F2N6O2. The molecule has 8 nitrogen and oxygen atoms in total. The van der Waals surface area contributed by atoms with Crippen LogP contribution in [0.1, 0.15) is 26.3 Å². The van der Waals surface area contributed by atoms with Crippen LogP contribution in [0.3, 0.4) is 0 Å². The average Bonchev–Trinajstić information content (AvgIpc) is 3.14. The molecule has 29 heavy (non-hydrogen) atoms. The Balaban J connectivity index is 1.86. The van der Waals surface area contributed by atoms with E-state index in [1.54, 1.807) is 24.4 Å². The molecule has 0 aliphatic rings. The number of carbonyl (C=O) groups is 2. The molecule has 4 N–H and O–H groups in total. The molecule has 0 aliphatic heterocycles. The van der Waals surface area contributed by atoms with Crippen molar-refractivity contribution in [3.8, 4) is 0 Å². The highest BCUT2D eigenvalue weighted by atomic mass is 19.1. The molecule has 144 valence electrons. The number of hydrogen-bond donors (Lipinski definition) is 3. The number of hydrogen-bond acceptors (Lipinski definition) is 6. The summed E-state index contributed by atoms with van der Waals surface area (Å²) in [7, 11) is 0. The lowest BCUT2D eigenvalue weighted by molar-refractivity contribution is 0.0996. The first-order valence-corrected chi connectivity index (χ1v) is 8.30. The first kappa shape index (κ1) is 18.2. The van der Waals surface area contributed by atoms with Crippen LogP contribution in [0.4, 0.5) is 20.4 Å². The number of nitrogens with zero attached hydrogens (tertiary/aromatic N) is 3. The monoisotopic (exact) mass is 394 g/mol. The van der Waals surface area contributed by atoms with Gasteiger partial charge >= 0.3 is 0 Å². The Morgan fingerprint density at radius 2 is 1.86 bits per heavy atom. The molecule has 0 saturated carbocycles. The summed E-state index contributed by atoms with van der Waals surface area (Å²) < 4.78 is 28.9. The van der Waals surface area contributed by atoms with Gasteiger partial charge in [0.25, 0.3) is 5.91 Å². The lowest BCUT2D eigenvalue weighted by Crippen LogP contribution is -2.17. The van der Waals surface area contributed by atoms with Crippen molar-refractivity contribution < 1.29 is 18.4 Å². The average molecular weight is 394 g/mol. The number of primary amides is 1. The van der Waals surface area contributed by atoms with E-state index in [0.717, 1.165) is 12.1 Å². The number of aromatic amines is 1. The number of anilines is 2. The molecule has 1 amide bonds. The van der Waals surface area contributed by atoms with E-state index in [-0.39, 0.29) is 22.4 Å². The third-order valence-electron chi connectivity index (χ3n) is 4.21. The first-order valence-electron chi connectivity index (χ1n) is 8.30. The zero-order chi connectivity index (χ0) is 20.5. The van der Waals surface area contributed by atoms with Gasteiger partial charge in [-0.1, -0.05) is 6.07 Å². The van der Waals surface area contributed by atoms with E-state index >= 15 is 0 Å². The van der Waals surface area contributed by atoms with Gasteiger partial charge in [-0.2, -0.15) is 0 Å². The molecule has 3 heterocycles. The first-order chi connectivity index (χ1) is 14.0. The quantitative estimate of drug-likeness (QED) is 0.447. The van der Waals surface area contributed by atoms with E-state index in [9.17, 15) is 18.4 Å². The van der Waals surface area contributed by atoms with Crippen LogP contribution in [0.25, 0.3) is 11.0 Å². The number of halogens is 2. The summed E-state index contributed by atoms with van der Waals surface area (Å²) in [5.41, 5.74) is 3.81. The Hall–Kier alpha value is -4.21. The SMILES string of the molecule is NC(=O)c1ccc(F)c(C(=O)c2c[nH]c3ncnc(Nc4ccccn4)c23)c1F. The summed E-state index contributed by atoms with van der Waals surface area (Å²) in [4.78, 5) is 39.4. The smallest absolute Gasteiger partial charge is 0.251 e. The van der Waals surface area contributed by atoms with Crippen molar-refractivity contribution in [1.82, 2.24) is 19.9 Å². The number of ketones is 1. The molecule has 0 bridgehead atoms. The van der Waals surface area contributed by atoms with E-state index in [1.807, 2.05) is 0 Å². The highest BCUT2D eigenvalue weighted by Gasteiger charge is 2.27. The number of aromatic nitrogens is 4. The minimum absolute atomic E-state index is 0.0848. The zero-order valence-corrected chi connectivity index (χ0v) is 14.6. The van der Waals surface area contributed by atoms with Gasteiger partial charge in [0.2, 0.25) is 5.78 Å². The molecule has 0 spiro atoms. The number of benzene rings is 1. The normalized spacial score (nSPS) is 10.8. The van der Waals surface area contributed by atoms with E-state index in [4.69, 9.17) is 5.73 Å². The van der Waals surface area contributed by atoms with Crippen LogP contribution in [0, 0.1) is 11.6 Å². The lowest BCUT2D eigenvalue weighted by atomic mass is 9.99. The molecule has 1 aromatic carbocycles. The fourth-order valence-corrected chi connectivity index (χ4v) is 2.88. The number of H-pyrrole nitrogens is 1. The molecule has 10 heteroatoms. The van der Waals surface area contributed by atoms with Gasteiger partial charge < -0.3 is 16.0 Å². The molecule has 4 aromatic rings. The van der Waals surface area contributed by atoms with Crippen LogP contribution < -0.4 is 11.1 Å². The third kappa shape index (κ3) is 3.16. The van der Waals surface area contributed by atoms with Gasteiger partial charge in [0.1, 0.15) is 35.2 Å². The van der Waals surface area contributed by atoms with E-state index in [2.05, 4.69) is 25.3 Å². The standard InChI is InChI=1S/C19H12F2N6O2/c20-11-5-4-9(17(22)29)15(21)14(11)16(28)10-7-24-18-13(10)19(26-8-25-18)27-12-3-1-2-6-23-12/h1-8H,(H2,22,29)(H2,23,24,25,26,27). The minimum atomic E-state index is -1.33. The Morgan fingerprint density at radius 1 is 1.03 bits per heavy atom. The van der Waals surface area contributed by atoms with Crippen LogP contribution in [0.5, 0.6) is 0 Å².